The van der Waals surface area contributed by atoms with Gasteiger partial charge >= 0.3 is 0 Å². The highest BCUT2D eigenvalue weighted by Gasteiger charge is 2.11. The molecule has 2 heterocycles. The van der Waals surface area contributed by atoms with Gasteiger partial charge in [0, 0.05) is 22.7 Å². The minimum atomic E-state index is -0.00624. The lowest BCUT2D eigenvalue weighted by atomic mass is 10.1. The van der Waals surface area contributed by atoms with Crippen LogP contribution in [0.1, 0.15) is 15.4 Å². The van der Waals surface area contributed by atoms with Crippen molar-refractivity contribution in [2.45, 2.75) is 6.42 Å². The Kier molecular flexibility index (Phi) is 4.08. The molecule has 0 unspecified atom stereocenters. The van der Waals surface area contributed by atoms with Crippen LogP contribution in [0.2, 0.25) is 5.15 Å². The lowest BCUT2D eigenvalue weighted by Gasteiger charge is -1.99. The first-order valence-electron chi connectivity index (χ1n) is 6.37. The number of rotatable bonds is 4. The number of halogens is 1. The Hall–Kier alpha value is -2.04. The number of pyridine rings is 1. The van der Waals surface area contributed by atoms with Gasteiger partial charge < -0.3 is 0 Å². The van der Waals surface area contributed by atoms with Gasteiger partial charge in [0.25, 0.3) is 0 Å². The van der Waals surface area contributed by atoms with Gasteiger partial charge in [0.2, 0.25) is 0 Å². The van der Waals surface area contributed by atoms with Crippen LogP contribution in [-0.2, 0) is 6.42 Å². The maximum Gasteiger partial charge on any atom is 0.169 e. The van der Waals surface area contributed by atoms with Gasteiger partial charge in [-0.1, -0.05) is 41.9 Å². The van der Waals surface area contributed by atoms with Crippen LogP contribution in [0.3, 0.4) is 0 Å². The second-order valence-electron chi connectivity index (χ2n) is 4.46. The third-order valence-corrected chi connectivity index (χ3v) is 4.04. The summed E-state index contributed by atoms with van der Waals surface area (Å²) in [6, 6.07) is 13.2. The van der Waals surface area contributed by atoms with E-state index in [1.807, 2.05) is 35.7 Å². The van der Waals surface area contributed by atoms with Crippen LogP contribution in [0.15, 0.2) is 54.0 Å². The third kappa shape index (κ3) is 3.35. The monoisotopic (exact) mass is 314 g/mol. The van der Waals surface area contributed by atoms with Crippen LogP contribution in [0.5, 0.6) is 0 Å². The van der Waals surface area contributed by atoms with Crippen molar-refractivity contribution in [3.05, 3.63) is 69.8 Å². The number of benzene rings is 1. The Morgan fingerprint density at radius 2 is 2.00 bits per heavy atom. The molecular weight excluding hydrogens is 304 g/mol. The lowest BCUT2D eigenvalue weighted by Crippen LogP contribution is -2.03. The molecule has 0 N–H and O–H groups in total. The summed E-state index contributed by atoms with van der Waals surface area (Å²) < 4.78 is 0. The molecular formula is C16H11ClN2OS. The summed E-state index contributed by atoms with van der Waals surface area (Å²) in [6.45, 7) is 0. The Labute approximate surface area is 131 Å². The van der Waals surface area contributed by atoms with Crippen molar-refractivity contribution < 1.29 is 4.79 Å². The number of aromatic nitrogens is 2. The number of ketones is 1. The van der Waals surface area contributed by atoms with Crippen molar-refractivity contribution >= 4 is 28.7 Å². The molecule has 0 aliphatic rings. The molecule has 0 spiro atoms. The van der Waals surface area contributed by atoms with Crippen molar-refractivity contribution in [2.24, 2.45) is 0 Å². The van der Waals surface area contributed by atoms with E-state index in [4.69, 9.17) is 11.6 Å². The molecule has 3 aromatic rings. The summed E-state index contributed by atoms with van der Waals surface area (Å²) in [5.41, 5.74) is 2.52. The normalized spacial score (nSPS) is 10.5. The van der Waals surface area contributed by atoms with Crippen LogP contribution >= 0.6 is 22.9 Å². The maximum atomic E-state index is 12.2. The van der Waals surface area contributed by atoms with E-state index >= 15 is 0 Å². The molecule has 1 aromatic carbocycles. The molecule has 0 bridgehead atoms. The fourth-order valence-electron chi connectivity index (χ4n) is 1.95. The molecule has 2 aromatic heterocycles. The van der Waals surface area contributed by atoms with Gasteiger partial charge in [0.15, 0.2) is 5.78 Å². The van der Waals surface area contributed by atoms with Gasteiger partial charge in [0.05, 0.1) is 12.1 Å². The van der Waals surface area contributed by atoms with Crippen LogP contribution in [0, 0.1) is 0 Å². The smallest absolute Gasteiger partial charge is 0.169 e. The molecule has 3 rings (SSSR count). The Bertz CT molecular complexity index is 771. The van der Waals surface area contributed by atoms with Crippen molar-refractivity contribution in [2.75, 3.05) is 0 Å². The van der Waals surface area contributed by atoms with E-state index < -0.39 is 0 Å². The van der Waals surface area contributed by atoms with Crippen molar-refractivity contribution in [1.29, 1.82) is 0 Å². The minimum absolute atomic E-state index is 0.00624. The number of hydrogen-bond donors (Lipinski definition) is 0. The number of nitrogens with zero attached hydrogens (tertiary/aromatic N) is 2. The SMILES string of the molecule is O=C(Cc1nc(-c2ccccc2)cs1)c1ccnc(Cl)c1. The quantitative estimate of drug-likeness (QED) is 0.533. The first-order valence-corrected chi connectivity index (χ1v) is 7.63. The summed E-state index contributed by atoms with van der Waals surface area (Å²) in [4.78, 5) is 20.6. The Balaban J connectivity index is 1.77. The van der Waals surface area contributed by atoms with Gasteiger partial charge in [-0.2, -0.15) is 0 Å². The fraction of sp³-hybridized carbons (Fsp3) is 0.0625. The lowest BCUT2D eigenvalue weighted by molar-refractivity contribution is 0.0993. The van der Waals surface area contributed by atoms with Gasteiger partial charge in [-0.3, -0.25) is 4.79 Å². The molecule has 0 amide bonds. The number of carbonyl (C=O) groups excluding carboxylic acids is 1. The zero-order chi connectivity index (χ0) is 14.7. The van der Waals surface area contributed by atoms with E-state index in [0.717, 1.165) is 16.3 Å². The maximum absolute atomic E-state index is 12.2. The second-order valence-corrected chi connectivity index (χ2v) is 5.79. The van der Waals surface area contributed by atoms with E-state index in [0.29, 0.717) is 10.7 Å². The van der Waals surface area contributed by atoms with Gasteiger partial charge in [-0.25, -0.2) is 9.97 Å². The van der Waals surface area contributed by atoms with E-state index in [9.17, 15) is 4.79 Å². The fourth-order valence-corrected chi connectivity index (χ4v) is 2.92. The summed E-state index contributed by atoms with van der Waals surface area (Å²) in [5, 5.41) is 3.09. The van der Waals surface area contributed by atoms with Crippen LogP contribution in [-0.4, -0.2) is 15.8 Å². The number of thiazole rings is 1. The predicted octanol–water partition coefficient (Wildman–Crippen LogP) is 4.28. The minimum Gasteiger partial charge on any atom is -0.294 e. The molecule has 104 valence electrons. The molecule has 3 nitrogen and oxygen atoms in total. The number of carbonyl (C=O) groups is 1. The topological polar surface area (TPSA) is 42.9 Å². The van der Waals surface area contributed by atoms with E-state index in [2.05, 4.69) is 9.97 Å². The van der Waals surface area contributed by atoms with E-state index in [1.54, 1.807) is 12.1 Å². The predicted molar refractivity (Wildman–Crippen MR) is 84.8 cm³/mol. The van der Waals surface area contributed by atoms with Crippen molar-refractivity contribution in [1.82, 2.24) is 9.97 Å². The highest BCUT2D eigenvalue weighted by atomic mass is 35.5. The molecule has 0 atom stereocenters. The van der Waals surface area contributed by atoms with Crippen LogP contribution in [0.4, 0.5) is 0 Å². The summed E-state index contributed by atoms with van der Waals surface area (Å²) in [7, 11) is 0. The standard InChI is InChI=1S/C16H11ClN2OS/c17-15-8-12(6-7-18-15)14(20)9-16-19-13(10-21-16)11-4-2-1-3-5-11/h1-8,10H,9H2. The van der Waals surface area contributed by atoms with Crippen molar-refractivity contribution in [3.63, 3.8) is 0 Å². The Morgan fingerprint density at radius 1 is 1.19 bits per heavy atom. The molecule has 0 aliphatic carbocycles. The molecule has 5 heteroatoms. The average Bonchev–Trinajstić information content (AvgIpc) is 2.97. The highest BCUT2D eigenvalue weighted by Crippen LogP contribution is 2.22. The average molecular weight is 315 g/mol. The van der Waals surface area contributed by atoms with Gasteiger partial charge in [-0.05, 0) is 12.1 Å². The first kappa shape index (κ1) is 13.9. The molecule has 0 radical (unpaired) electrons. The highest BCUT2D eigenvalue weighted by molar-refractivity contribution is 7.10. The summed E-state index contributed by atoms with van der Waals surface area (Å²) in [6.07, 6.45) is 1.81. The number of Topliss-reactive ketones (excluding diaryl/α,β-unsaturated/α-hetero) is 1. The van der Waals surface area contributed by atoms with Gasteiger partial charge in [-0.15, -0.1) is 11.3 Å². The van der Waals surface area contributed by atoms with Crippen LogP contribution < -0.4 is 0 Å². The number of hydrogen-bond acceptors (Lipinski definition) is 4. The summed E-state index contributed by atoms with van der Waals surface area (Å²) in [5.74, 6) is -0.00624. The molecule has 0 fully saturated rings. The van der Waals surface area contributed by atoms with Crippen LogP contribution in [0.25, 0.3) is 11.3 Å². The largest absolute Gasteiger partial charge is 0.294 e. The Morgan fingerprint density at radius 3 is 2.76 bits per heavy atom. The zero-order valence-corrected chi connectivity index (χ0v) is 12.6. The molecule has 0 saturated carbocycles. The molecule has 0 aliphatic heterocycles. The zero-order valence-electron chi connectivity index (χ0n) is 11.0. The van der Waals surface area contributed by atoms with E-state index in [-0.39, 0.29) is 12.2 Å². The molecule has 0 saturated heterocycles. The first-order chi connectivity index (χ1) is 10.2. The third-order valence-electron chi connectivity index (χ3n) is 2.98. The van der Waals surface area contributed by atoms with Gasteiger partial charge in [0.1, 0.15) is 10.2 Å². The summed E-state index contributed by atoms with van der Waals surface area (Å²) >= 11 is 7.29. The second kappa shape index (κ2) is 6.16. The van der Waals surface area contributed by atoms with E-state index in [1.165, 1.54) is 17.5 Å². The molecule has 21 heavy (non-hydrogen) atoms. The van der Waals surface area contributed by atoms with Crippen molar-refractivity contribution in [3.8, 4) is 11.3 Å².